The van der Waals surface area contributed by atoms with Crippen molar-refractivity contribution in [3.8, 4) is 11.5 Å². The number of amides is 1. The first kappa shape index (κ1) is 24.4. The Morgan fingerprint density at radius 1 is 0.973 bits per heavy atom. The van der Waals surface area contributed by atoms with E-state index in [4.69, 9.17) is 9.47 Å². The van der Waals surface area contributed by atoms with Gasteiger partial charge in [-0.2, -0.15) is 13.2 Å². The summed E-state index contributed by atoms with van der Waals surface area (Å²) < 4.78 is 52.0. The third-order valence-electron chi connectivity index (χ3n) is 6.04. The summed E-state index contributed by atoms with van der Waals surface area (Å²) in [4.78, 5) is 30.0. The van der Waals surface area contributed by atoms with Crippen molar-refractivity contribution < 1.29 is 27.4 Å². The van der Waals surface area contributed by atoms with E-state index in [-0.39, 0.29) is 55.4 Å². The molecule has 37 heavy (non-hydrogen) atoms. The number of ether oxygens (including phenoxy) is 2. The van der Waals surface area contributed by atoms with Gasteiger partial charge in [0, 0.05) is 19.4 Å². The van der Waals surface area contributed by atoms with Crippen molar-refractivity contribution in [1.82, 2.24) is 14.9 Å². The van der Waals surface area contributed by atoms with Crippen LogP contribution in [-0.2, 0) is 30.5 Å². The van der Waals surface area contributed by atoms with E-state index in [9.17, 15) is 22.8 Å². The number of hydrogen-bond donors (Lipinski definition) is 1. The Kier molecular flexibility index (Phi) is 6.56. The molecule has 1 aliphatic rings. The Hall–Kier alpha value is -4.34. The van der Waals surface area contributed by atoms with E-state index >= 15 is 0 Å². The maximum absolute atomic E-state index is 13.3. The number of benzene rings is 3. The van der Waals surface area contributed by atoms with E-state index < -0.39 is 17.3 Å². The first-order valence-corrected chi connectivity index (χ1v) is 11.6. The Labute approximate surface area is 209 Å². The highest BCUT2D eigenvalue weighted by Crippen LogP contribution is 2.33. The summed E-state index contributed by atoms with van der Waals surface area (Å²) in [6, 6.07) is 17.6. The highest BCUT2D eigenvalue weighted by Gasteiger charge is 2.31. The lowest BCUT2D eigenvalue weighted by Gasteiger charge is -2.14. The largest absolute Gasteiger partial charge is 0.454 e. The molecule has 1 N–H and O–H groups in total. The molecule has 0 bridgehead atoms. The van der Waals surface area contributed by atoms with Crippen LogP contribution in [0.15, 0.2) is 71.5 Å². The van der Waals surface area contributed by atoms with Crippen LogP contribution in [-0.4, -0.2) is 22.3 Å². The third-order valence-corrected chi connectivity index (χ3v) is 6.04. The van der Waals surface area contributed by atoms with Gasteiger partial charge in [-0.05, 0) is 41.5 Å². The van der Waals surface area contributed by atoms with Gasteiger partial charge in [0.2, 0.25) is 12.7 Å². The number of hydrogen-bond acceptors (Lipinski definition) is 5. The summed E-state index contributed by atoms with van der Waals surface area (Å²) in [5, 5.41) is 2.78. The van der Waals surface area contributed by atoms with Crippen LogP contribution in [0.2, 0.25) is 0 Å². The van der Waals surface area contributed by atoms with Crippen LogP contribution in [0, 0.1) is 0 Å². The second-order valence-corrected chi connectivity index (χ2v) is 8.60. The van der Waals surface area contributed by atoms with Crippen molar-refractivity contribution in [2.75, 3.05) is 6.79 Å². The van der Waals surface area contributed by atoms with Crippen LogP contribution in [0.5, 0.6) is 11.5 Å². The van der Waals surface area contributed by atoms with Gasteiger partial charge in [-0.1, -0.05) is 36.4 Å². The standard InChI is InChI=1S/C27H22F3N3O4/c28-27(29,30)19-7-9-22-21(13-19)32-20(26(35)33(22)15-17-4-2-1-3-5-17)8-11-25(34)31-14-18-6-10-23-24(12-18)37-16-36-23/h1-7,9-10,12-13H,8,11,14-16H2,(H,31,34). The Balaban J connectivity index is 1.37. The van der Waals surface area contributed by atoms with E-state index in [1.807, 2.05) is 30.3 Å². The molecule has 10 heteroatoms. The molecule has 2 heterocycles. The minimum atomic E-state index is -4.55. The second-order valence-electron chi connectivity index (χ2n) is 8.60. The molecule has 190 valence electrons. The summed E-state index contributed by atoms with van der Waals surface area (Å²) in [5.41, 5.74) is 0.681. The molecule has 0 saturated carbocycles. The SMILES string of the molecule is O=C(CCc1nc2cc(C(F)(F)F)ccc2n(Cc2ccccc2)c1=O)NCc1ccc2c(c1)OCO2. The molecule has 0 unspecified atom stereocenters. The number of halogens is 3. The number of fused-ring (bicyclic) bond motifs is 2. The van der Waals surface area contributed by atoms with Gasteiger partial charge in [-0.15, -0.1) is 0 Å². The molecular weight excluding hydrogens is 487 g/mol. The fourth-order valence-corrected chi connectivity index (χ4v) is 4.13. The van der Waals surface area contributed by atoms with Crippen LogP contribution in [0.1, 0.15) is 28.8 Å². The first-order valence-electron chi connectivity index (χ1n) is 11.6. The van der Waals surface area contributed by atoms with Gasteiger partial charge in [0.1, 0.15) is 5.69 Å². The fourth-order valence-electron chi connectivity index (χ4n) is 4.13. The summed E-state index contributed by atoms with van der Waals surface area (Å²) in [7, 11) is 0. The van der Waals surface area contributed by atoms with Crippen LogP contribution in [0.4, 0.5) is 13.2 Å². The average molecular weight is 509 g/mol. The smallest absolute Gasteiger partial charge is 0.416 e. The maximum Gasteiger partial charge on any atom is 0.416 e. The normalized spacial score (nSPS) is 12.6. The van der Waals surface area contributed by atoms with Gasteiger partial charge in [0.25, 0.3) is 5.56 Å². The van der Waals surface area contributed by atoms with Crippen molar-refractivity contribution in [2.24, 2.45) is 0 Å². The summed E-state index contributed by atoms with van der Waals surface area (Å²) >= 11 is 0. The maximum atomic E-state index is 13.3. The minimum Gasteiger partial charge on any atom is -0.454 e. The number of alkyl halides is 3. The monoisotopic (exact) mass is 509 g/mol. The Bertz CT molecular complexity index is 1520. The topological polar surface area (TPSA) is 82.5 Å². The Morgan fingerprint density at radius 3 is 2.54 bits per heavy atom. The van der Waals surface area contributed by atoms with Crippen molar-refractivity contribution >= 4 is 16.9 Å². The van der Waals surface area contributed by atoms with Crippen LogP contribution < -0.4 is 20.3 Å². The molecule has 1 amide bonds. The van der Waals surface area contributed by atoms with Crippen molar-refractivity contribution in [1.29, 1.82) is 0 Å². The highest BCUT2D eigenvalue weighted by atomic mass is 19.4. The summed E-state index contributed by atoms with van der Waals surface area (Å²) in [5.74, 6) is 0.917. The number of carbonyl (C=O) groups is 1. The lowest BCUT2D eigenvalue weighted by molar-refractivity contribution is -0.137. The number of carbonyl (C=O) groups excluding carboxylic acids is 1. The average Bonchev–Trinajstić information content (AvgIpc) is 3.36. The van der Waals surface area contributed by atoms with Gasteiger partial charge in [-0.25, -0.2) is 4.98 Å². The molecule has 0 fully saturated rings. The van der Waals surface area contributed by atoms with E-state index in [1.165, 1.54) is 10.6 Å². The van der Waals surface area contributed by atoms with Crippen molar-refractivity contribution in [3.63, 3.8) is 0 Å². The lowest BCUT2D eigenvalue weighted by Crippen LogP contribution is -2.28. The zero-order valence-electron chi connectivity index (χ0n) is 19.5. The molecule has 1 aliphatic heterocycles. The molecular formula is C27H22F3N3O4. The molecule has 7 nitrogen and oxygen atoms in total. The molecule has 3 aromatic carbocycles. The third kappa shape index (κ3) is 5.42. The van der Waals surface area contributed by atoms with Gasteiger partial charge < -0.3 is 19.4 Å². The lowest BCUT2D eigenvalue weighted by atomic mass is 10.1. The number of aromatic nitrogens is 2. The predicted octanol–water partition coefficient (Wildman–Crippen LogP) is 4.44. The van der Waals surface area contributed by atoms with Gasteiger partial charge >= 0.3 is 6.18 Å². The summed E-state index contributed by atoms with van der Waals surface area (Å²) in [6.07, 6.45) is -4.62. The molecule has 0 atom stereocenters. The van der Waals surface area contributed by atoms with Crippen LogP contribution >= 0.6 is 0 Å². The zero-order chi connectivity index (χ0) is 26.0. The molecule has 0 aliphatic carbocycles. The zero-order valence-corrected chi connectivity index (χ0v) is 19.5. The Morgan fingerprint density at radius 2 is 1.76 bits per heavy atom. The first-order chi connectivity index (χ1) is 17.8. The summed E-state index contributed by atoms with van der Waals surface area (Å²) in [6.45, 7) is 0.553. The second kappa shape index (κ2) is 9.96. The minimum absolute atomic E-state index is 0.0211. The molecule has 1 aromatic heterocycles. The van der Waals surface area contributed by atoms with Crippen LogP contribution in [0.3, 0.4) is 0 Å². The van der Waals surface area contributed by atoms with Gasteiger partial charge in [0.05, 0.1) is 23.1 Å². The van der Waals surface area contributed by atoms with Crippen LogP contribution in [0.25, 0.3) is 11.0 Å². The number of rotatable bonds is 7. The van der Waals surface area contributed by atoms with E-state index in [0.29, 0.717) is 11.5 Å². The molecule has 0 spiro atoms. The molecule has 4 aromatic rings. The number of nitrogens with zero attached hydrogens (tertiary/aromatic N) is 2. The van der Waals surface area contributed by atoms with E-state index in [1.54, 1.807) is 18.2 Å². The predicted molar refractivity (Wildman–Crippen MR) is 129 cm³/mol. The van der Waals surface area contributed by atoms with Gasteiger partial charge in [0.15, 0.2) is 11.5 Å². The van der Waals surface area contributed by atoms with E-state index in [2.05, 4.69) is 10.3 Å². The van der Waals surface area contributed by atoms with Gasteiger partial charge in [-0.3, -0.25) is 9.59 Å². The van der Waals surface area contributed by atoms with Crippen molar-refractivity contribution in [3.05, 3.63) is 99.5 Å². The molecule has 5 rings (SSSR count). The molecule has 0 saturated heterocycles. The fraction of sp³-hybridized carbons (Fsp3) is 0.222. The number of nitrogens with one attached hydrogen (secondary N) is 1. The quantitative estimate of drug-likeness (QED) is 0.398. The highest BCUT2D eigenvalue weighted by molar-refractivity contribution is 5.77. The van der Waals surface area contributed by atoms with Crippen molar-refractivity contribution in [2.45, 2.75) is 32.1 Å². The number of aryl methyl sites for hydroxylation is 1. The molecule has 0 radical (unpaired) electrons. The van der Waals surface area contributed by atoms with E-state index in [0.717, 1.165) is 23.3 Å².